The number of aromatic hydroxyl groups is 1. The van der Waals surface area contributed by atoms with E-state index in [-0.39, 0.29) is 11.4 Å². The van der Waals surface area contributed by atoms with Gasteiger partial charge in [-0.3, -0.25) is 0 Å². The van der Waals surface area contributed by atoms with Crippen molar-refractivity contribution in [3.8, 4) is 5.75 Å². The van der Waals surface area contributed by atoms with Crippen LogP contribution in [0.3, 0.4) is 0 Å². The summed E-state index contributed by atoms with van der Waals surface area (Å²) in [5, 5.41) is 17.9. The Morgan fingerprint density at radius 3 is 2.77 bits per heavy atom. The fourth-order valence-electron chi connectivity index (χ4n) is 1.27. The molecule has 0 aliphatic rings. The number of carboxylic acids is 1. The molecule has 0 aliphatic carbocycles. The molecule has 66 valence electrons. The van der Waals surface area contributed by atoms with Gasteiger partial charge in [0.15, 0.2) is 0 Å². The summed E-state index contributed by atoms with van der Waals surface area (Å²) >= 11 is 0. The standard InChI is InChI=1S/C9H7NO3/c11-7-3-4-10-6(5-7)1-2-8(10)9(12)13/h1-5,11H,(H,12,13). The summed E-state index contributed by atoms with van der Waals surface area (Å²) in [5.74, 6) is -0.853. The Labute approximate surface area is 73.7 Å². The molecule has 2 aromatic rings. The number of nitrogens with zero attached hydrogens (tertiary/aromatic N) is 1. The molecule has 2 rings (SSSR count). The van der Waals surface area contributed by atoms with Crippen molar-refractivity contribution in [3.05, 3.63) is 36.2 Å². The molecule has 2 heterocycles. The predicted molar refractivity (Wildman–Crippen MR) is 46.0 cm³/mol. The minimum Gasteiger partial charge on any atom is -0.508 e. The Morgan fingerprint density at radius 2 is 2.08 bits per heavy atom. The van der Waals surface area contributed by atoms with E-state index < -0.39 is 5.97 Å². The van der Waals surface area contributed by atoms with Crippen LogP contribution < -0.4 is 0 Å². The first-order valence-corrected chi connectivity index (χ1v) is 3.72. The van der Waals surface area contributed by atoms with E-state index in [1.165, 1.54) is 28.8 Å². The highest BCUT2D eigenvalue weighted by molar-refractivity contribution is 5.87. The summed E-state index contributed by atoms with van der Waals surface area (Å²) in [6, 6.07) is 6.09. The second-order valence-electron chi connectivity index (χ2n) is 2.70. The van der Waals surface area contributed by atoms with Crippen LogP contribution in [0.2, 0.25) is 0 Å². The van der Waals surface area contributed by atoms with Crippen LogP contribution in [0.1, 0.15) is 10.5 Å². The van der Waals surface area contributed by atoms with E-state index in [0.717, 1.165) is 0 Å². The maximum absolute atomic E-state index is 10.7. The van der Waals surface area contributed by atoms with E-state index in [9.17, 15) is 4.79 Å². The van der Waals surface area contributed by atoms with Gasteiger partial charge in [0.25, 0.3) is 0 Å². The molecule has 13 heavy (non-hydrogen) atoms. The molecule has 0 fully saturated rings. The van der Waals surface area contributed by atoms with Crippen LogP contribution in [0, 0.1) is 0 Å². The molecule has 4 nitrogen and oxygen atoms in total. The van der Waals surface area contributed by atoms with E-state index in [0.29, 0.717) is 5.52 Å². The summed E-state index contributed by atoms with van der Waals surface area (Å²) in [7, 11) is 0. The highest BCUT2D eigenvalue weighted by Crippen LogP contribution is 2.15. The molecule has 2 N–H and O–H groups in total. The van der Waals surface area contributed by atoms with Gasteiger partial charge in [0.05, 0.1) is 0 Å². The van der Waals surface area contributed by atoms with Crippen LogP contribution in [0.5, 0.6) is 5.75 Å². The molecule has 0 bridgehead atoms. The number of pyridine rings is 1. The lowest BCUT2D eigenvalue weighted by atomic mass is 10.4. The van der Waals surface area contributed by atoms with Gasteiger partial charge >= 0.3 is 5.97 Å². The molecule has 0 radical (unpaired) electrons. The number of hydrogen-bond donors (Lipinski definition) is 2. The zero-order valence-corrected chi connectivity index (χ0v) is 6.64. The normalized spacial score (nSPS) is 10.5. The lowest BCUT2D eigenvalue weighted by Gasteiger charge is -1.97. The zero-order chi connectivity index (χ0) is 9.42. The van der Waals surface area contributed by atoms with Crippen molar-refractivity contribution >= 4 is 11.5 Å². The highest BCUT2D eigenvalue weighted by Gasteiger charge is 2.07. The molecule has 0 unspecified atom stereocenters. The maximum Gasteiger partial charge on any atom is 0.352 e. The lowest BCUT2D eigenvalue weighted by molar-refractivity contribution is 0.0689. The minimum absolute atomic E-state index is 0.127. The third-order valence-corrected chi connectivity index (χ3v) is 1.86. The van der Waals surface area contributed by atoms with E-state index in [2.05, 4.69) is 0 Å². The number of carboxylic acid groups (broad SMARTS) is 1. The van der Waals surface area contributed by atoms with Crippen molar-refractivity contribution in [2.45, 2.75) is 0 Å². The number of fused-ring (bicyclic) bond motifs is 1. The highest BCUT2D eigenvalue weighted by atomic mass is 16.4. The number of aromatic nitrogens is 1. The summed E-state index contributed by atoms with van der Waals surface area (Å²) < 4.78 is 1.50. The molecule has 0 saturated heterocycles. The van der Waals surface area contributed by atoms with Crippen molar-refractivity contribution < 1.29 is 15.0 Å². The van der Waals surface area contributed by atoms with Gasteiger partial charge in [0.2, 0.25) is 0 Å². The number of hydrogen-bond acceptors (Lipinski definition) is 2. The van der Waals surface area contributed by atoms with E-state index in [1.807, 2.05) is 0 Å². The third-order valence-electron chi connectivity index (χ3n) is 1.86. The Morgan fingerprint density at radius 1 is 1.31 bits per heavy atom. The van der Waals surface area contributed by atoms with E-state index >= 15 is 0 Å². The smallest absolute Gasteiger partial charge is 0.352 e. The van der Waals surface area contributed by atoms with Crippen molar-refractivity contribution in [1.82, 2.24) is 4.40 Å². The molecular formula is C9H7NO3. The van der Waals surface area contributed by atoms with Gasteiger partial charge < -0.3 is 14.6 Å². The van der Waals surface area contributed by atoms with Crippen molar-refractivity contribution in [3.63, 3.8) is 0 Å². The van der Waals surface area contributed by atoms with Gasteiger partial charge in [-0.25, -0.2) is 4.79 Å². The van der Waals surface area contributed by atoms with Crippen LogP contribution in [0.15, 0.2) is 30.5 Å². The van der Waals surface area contributed by atoms with Crippen LogP contribution >= 0.6 is 0 Å². The summed E-state index contributed by atoms with van der Waals surface area (Å²) in [6.07, 6.45) is 1.52. The van der Waals surface area contributed by atoms with Gasteiger partial charge in [-0.2, -0.15) is 0 Å². The van der Waals surface area contributed by atoms with Crippen LogP contribution in [-0.4, -0.2) is 20.6 Å². The maximum atomic E-state index is 10.7. The van der Waals surface area contributed by atoms with Crippen molar-refractivity contribution in [1.29, 1.82) is 0 Å². The summed E-state index contributed by atoms with van der Waals surface area (Å²) in [6.45, 7) is 0. The summed E-state index contributed by atoms with van der Waals surface area (Å²) in [4.78, 5) is 10.7. The van der Waals surface area contributed by atoms with Crippen LogP contribution in [-0.2, 0) is 0 Å². The molecule has 0 amide bonds. The Hall–Kier alpha value is -1.97. The fourth-order valence-corrected chi connectivity index (χ4v) is 1.27. The first-order chi connectivity index (χ1) is 6.18. The molecule has 0 spiro atoms. The number of rotatable bonds is 1. The number of aromatic carboxylic acids is 1. The van der Waals surface area contributed by atoms with Gasteiger partial charge in [0, 0.05) is 17.8 Å². The molecular weight excluding hydrogens is 170 g/mol. The second kappa shape index (κ2) is 2.52. The minimum atomic E-state index is -0.981. The molecule has 0 aliphatic heterocycles. The van der Waals surface area contributed by atoms with Crippen molar-refractivity contribution in [2.75, 3.05) is 0 Å². The molecule has 0 atom stereocenters. The monoisotopic (exact) mass is 177 g/mol. The SMILES string of the molecule is O=C(O)c1ccc2cc(O)ccn12. The number of carbonyl (C=O) groups is 1. The first kappa shape index (κ1) is 7.67. The molecule has 4 heteroatoms. The average Bonchev–Trinajstić information content (AvgIpc) is 2.46. The summed E-state index contributed by atoms with van der Waals surface area (Å²) in [5.41, 5.74) is 0.854. The van der Waals surface area contributed by atoms with Crippen LogP contribution in [0.4, 0.5) is 0 Å². The van der Waals surface area contributed by atoms with E-state index in [4.69, 9.17) is 10.2 Å². The quantitative estimate of drug-likeness (QED) is 0.691. The van der Waals surface area contributed by atoms with Gasteiger partial charge in [-0.05, 0) is 18.2 Å². The van der Waals surface area contributed by atoms with Crippen molar-refractivity contribution in [2.24, 2.45) is 0 Å². The van der Waals surface area contributed by atoms with Gasteiger partial charge in [-0.15, -0.1) is 0 Å². The Balaban J connectivity index is 2.76. The van der Waals surface area contributed by atoms with Gasteiger partial charge in [-0.1, -0.05) is 0 Å². The fraction of sp³-hybridized carbons (Fsp3) is 0. The largest absolute Gasteiger partial charge is 0.508 e. The lowest BCUT2D eigenvalue weighted by Crippen LogP contribution is -2.00. The van der Waals surface area contributed by atoms with Crippen LogP contribution in [0.25, 0.3) is 5.52 Å². The zero-order valence-electron chi connectivity index (χ0n) is 6.64. The average molecular weight is 177 g/mol. The first-order valence-electron chi connectivity index (χ1n) is 3.72. The topological polar surface area (TPSA) is 61.9 Å². The molecule has 2 aromatic heterocycles. The Bertz CT molecular complexity index is 473. The Kier molecular flexibility index (Phi) is 1.48. The van der Waals surface area contributed by atoms with Gasteiger partial charge in [0.1, 0.15) is 11.4 Å². The second-order valence-corrected chi connectivity index (χ2v) is 2.70. The third kappa shape index (κ3) is 1.12. The predicted octanol–water partition coefficient (Wildman–Crippen LogP) is 1.34. The molecule has 0 aromatic carbocycles. The van der Waals surface area contributed by atoms with E-state index in [1.54, 1.807) is 6.07 Å². The molecule has 0 saturated carbocycles.